The third-order valence-electron chi connectivity index (χ3n) is 5.78. The van der Waals surface area contributed by atoms with Gasteiger partial charge in [0.2, 0.25) is 0 Å². The van der Waals surface area contributed by atoms with E-state index in [2.05, 4.69) is 26.8 Å². The molecule has 1 fully saturated rings. The van der Waals surface area contributed by atoms with E-state index in [1.165, 1.54) is 57.3 Å². The van der Waals surface area contributed by atoms with Crippen molar-refractivity contribution in [3.8, 4) is 0 Å². The molecule has 3 heteroatoms. The molecule has 0 spiro atoms. The first-order valence-electron chi connectivity index (χ1n) is 9.23. The normalized spacial score (nSPS) is 17.0. The lowest BCUT2D eigenvalue weighted by molar-refractivity contribution is -0.923. The molecule has 0 amide bonds. The summed E-state index contributed by atoms with van der Waals surface area (Å²) < 4.78 is 12.8. The van der Waals surface area contributed by atoms with Crippen LogP contribution in [-0.4, -0.2) is 37.3 Å². The molecule has 0 N–H and O–H groups in total. The summed E-state index contributed by atoms with van der Waals surface area (Å²) in [4.78, 5) is 0. The van der Waals surface area contributed by atoms with Gasteiger partial charge in [0.15, 0.2) is 0 Å². The fourth-order valence-electron chi connectivity index (χ4n) is 3.81. The Labute approximate surface area is 136 Å². The van der Waals surface area contributed by atoms with E-state index in [9.17, 15) is 0 Å². The highest BCUT2D eigenvalue weighted by Gasteiger charge is 2.22. The van der Waals surface area contributed by atoms with Crippen LogP contribution in [0.4, 0.5) is 0 Å². The van der Waals surface area contributed by atoms with E-state index in [1.54, 1.807) is 0 Å². The van der Waals surface area contributed by atoms with Gasteiger partial charge in [-0.3, -0.25) is 0 Å². The van der Waals surface area contributed by atoms with Crippen molar-refractivity contribution >= 4 is 0 Å². The van der Waals surface area contributed by atoms with E-state index in [1.807, 2.05) is 6.26 Å². The maximum atomic E-state index is 5.96. The van der Waals surface area contributed by atoms with Gasteiger partial charge in [0.25, 0.3) is 0 Å². The third-order valence-corrected chi connectivity index (χ3v) is 5.78. The topological polar surface area (TPSA) is 22.4 Å². The molecule has 1 aliphatic rings. The summed E-state index contributed by atoms with van der Waals surface area (Å²) in [6, 6.07) is 2.17. The lowest BCUT2D eigenvalue weighted by Gasteiger charge is -2.35. The molecule has 0 aromatic carbocycles. The van der Waals surface area contributed by atoms with Crippen molar-refractivity contribution in [1.29, 1.82) is 0 Å². The van der Waals surface area contributed by atoms with E-state index in [4.69, 9.17) is 9.15 Å². The predicted molar refractivity (Wildman–Crippen MR) is 90.9 cm³/mol. The first-order chi connectivity index (χ1) is 10.7. The molecule has 126 valence electrons. The first-order valence-corrected chi connectivity index (χ1v) is 9.23. The molecular formula is C19H34NO2+. The van der Waals surface area contributed by atoms with E-state index in [-0.39, 0.29) is 0 Å². The predicted octanol–water partition coefficient (Wildman–Crippen LogP) is 4.72. The number of furan rings is 1. The Kier molecular flexibility index (Phi) is 6.97. The SMILES string of the molecule is CC[N+](CC)(CC)CCOCc1occc1C1CCCCC1. The van der Waals surface area contributed by atoms with Crippen LogP contribution in [0.1, 0.15) is 70.1 Å². The highest BCUT2D eigenvalue weighted by Crippen LogP contribution is 2.35. The summed E-state index contributed by atoms with van der Waals surface area (Å²) in [6.07, 6.45) is 8.58. The Balaban J connectivity index is 1.81. The second-order valence-electron chi connectivity index (χ2n) is 6.70. The Hall–Kier alpha value is -0.800. The molecule has 2 rings (SSSR count). The molecule has 0 radical (unpaired) electrons. The molecule has 0 unspecified atom stereocenters. The van der Waals surface area contributed by atoms with Crippen LogP contribution in [0.3, 0.4) is 0 Å². The molecule has 0 bridgehead atoms. The number of nitrogens with zero attached hydrogens (tertiary/aromatic N) is 1. The maximum absolute atomic E-state index is 5.96. The van der Waals surface area contributed by atoms with Crippen molar-refractivity contribution < 1.29 is 13.6 Å². The fraction of sp³-hybridized carbons (Fsp3) is 0.789. The van der Waals surface area contributed by atoms with Gasteiger partial charge in [-0.15, -0.1) is 0 Å². The van der Waals surface area contributed by atoms with E-state index < -0.39 is 0 Å². The molecule has 22 heavy (non-hydrogen) atoms. The number of rotatable bonds is 9. The van der Waals surface area contributed by atoms with Crippen molar-refractivity contribution in [3.63, 3.8) is 0 Å². The van der Waals surface area contributed by atoms with Gasteiger partial charge in [0, 0.05) is 0 Å². The summed E-state index contributed by atoms with van der Waals surface area (Å²) in [7, 11) is 0. The maximum Gasteiger partial charge on any atom is 0.132 e. The van der Waals surface area contributed by atoms with Crippen LogP contribution in [0.15, 0.2) is 16.7 Å². The Morgan fingerprint density at radius 2 is 1.77 bits per heavy atom. The molecule has 0 atom stereocenters. The number of likely N-dealkylation sites (N-methyl/N-ethyl adjacent to an activating group) is 1. The quantitative estimate of drug-likeness (QED) is 0.486. The molecular weight excluding hydrogens is 274 g/mol. The second-order valence-corrected chi connectivity index (χ2v) is 6.70. The van der Waals surface area contributed by atoms with E-state index in [0.29, 0.717) is 12.5 Å². The number of ether oxygens (including phenoxy) is 1. The van der Waals surface area contributed by atoms with Crippen LogP contribution in [0.25, 0.3) is 0 Å². The summed E-state index contributed by atoms with van der Waals surface area (Å²) in [6.45, 7) is 12.9. The highest BCUT2D eigenvalue weighted by atomic mass is 16.5. The molecule has 1 heterocycles. The zero-order chi connectivity index (χ0) is 15.8. The van der Waals surface area contributed by atoms with E-state index >= 15 is 0 Å². The van der Waals surface area contributed by atoms with Crippen molar-refractivity contribution in [1.82, 2.24) is 0 Å². The number of hydrogen-bond acceptors (Lipinski definition) is 2. The van der Waals surface area contributed by atoms with Crippen LogP contribution in [0.2, 0.25) is 0 Å². The Bertz CT molecular complexity index is 409. The van der Waals surface area contributed by atoms with Crippen LogP contribution in [-0.2, 0) is 11.3 Å². The van der Waals surface area contributed by atoms with Crippen molar-refractivity contribution in [2.75, 3.05) is 32.8 Å². The van der Waals surface area contributed by atoms with Gasteiger partial charge < -0.3 is 13.6 Å². The molecule has 1 aliphatic carbocycles. The smallest absolute Gasteiger partial charge is 0.132 e. The van der Waals surface area contributed by atoms with Crippen LogP contribution in [0.5, 0.6) is 0 Å². The molecule has 0 aliphatic heterocycles. The molecule has 1 aromatic rings. The van der Waals surface area contributed by atoms with Gasteiger partial charge in [0.1, 0.15) is 18.9 Å². The minimum absolute atomic E-state index is 0.635. The highest BCUT2D eigenvalue weighted by molar-refractivity contribution is 5.22. The van der Waals surface area contributed by atoms with Gasteiger partial charge >= 0.3 is 0 Å². The first kappa shape index (κ1) is 17.6. The summed E-state index contributed by atoms with van der Waals surface area (Å²) in [5, 5.41) is 0. The zero-order valence-corrected chi connectivity index (χ0v) is 14.8. The summed E-state index contributed by atoms with van der Waals surface area (Å²) in [5.41, 5.74) is 1.40. The summed E-state index contributed by atoms with van der Waals surface area (Å²) >= 11 is 0. The van der Waals surface area contributed by atoms with Crippen molar-refractivity contribution in [2.45, 2.75) is 65.4 Å². The average Bonchev–Trinajstić information content (AvgIpc) is 3.05. The lowest BCUT2D eigenvalue weighted by Crippen LogP contribution is -2.49. The fourth-order valence-corrected chi connectivity index (χ4v) is 3.81. The van der Waals surface area contributed by atoms with Crippen molar-refractivity contribution in [3.05, 3.63) is 23.7 Å². The van der Waals surface area contributed by atoms with Gasteiger partial charge in [-0.1, -0.05) is 19.3 Å². The average molecular weight is 308 g/mol. The van der Waals surface area contributed by atoms with Gasteiger partial charge in [0.05, 0.1) is 32.5 Å². The lowest BCUT2D eigenvalue weighted by atomic mass is 9.84. The summed E-state index contributed by atoms with van der Waals surface area (Å²) in [5.74, 6) is 1.76. The monoisotopic (exact) mass is 308 g/mol. The minimum Gasteiger partial charge on any atom is -0.467 e. The van der Waals surface area contributed by atoms with Crippen LogP contribution in [0, 0.1) is 0 Å². The molecule has 1 aromatic heterocycles. The number of hydrogen-bond donors (Lipinski definition) is 0. The molecule has 0 saturated heterocycles. The largest absolute Gasteiger partial charge is 0.467 e. The standard InChI is InChI=1S/C19H34NO2/c1-4-20(5-2,6-3)13-15-21-16-19-18(12-14-22-19)17-10-8-7-9-11-17/h12,14,17H,4-11,13,15-16H2,1-3H3/q+1. The van der Waals surface area contributed by atoms with Crippen LogP contribution < -0.4 is 0 Å². The molecule has 1 saturated carbocycles. The van der Waals surface area contributed by atoms with Gasteiger partial charge in [-0.25, -0.2) is 0 Å². The number of quaternary nitrogens is 1. The third kappa shape index (κ3) is 4.36. The Morgan fingerprint density at radius 1 is 1.09 bits per heavy atom. The second kappa shape index (κ2) is 8.73. The van der Waals surface area contributed by atoms with Crippen molar-refractivity contribution in [2.24, 2.45) is 0 Å². The van der Waals surface area contributed by atoms with Crippen LogP contribution >= 0.6 is 0 Å². The minimum atomic E-state index is 0.635. The van der Waals surface area contributed by atoms with Gasteiger partial charge in [-0.05, 0) is 51.2 Å². The molecule has 3 nitrogen and oxygen atoms in total. The van der Waals surface area contributed by atoms with E-state index in [0.717, 1.165) is 23.4 Å². The van der Waals surface area contributed by atoms with Gasteiger partial charge in [-0.2, -0.15) is 0 Å². The zero-order valence-electron chi connectivity index (χ0n) is 14.8. The Morgan fingerprint density at radius 3 is 2.41 bits per heavy atom.